The largest absolute Gasteiger partial charge is 0.395 e. The van der Waals surface area contributed by atoms with Crippen molar-refractivity contribution in [3.63, 3.8) is 0 Å². The summed E-state index contributed by atoms with van der Waals surface area (Å²) in [5.41, 5.74) is 7.12. The van der Waals surface area contributed by atoms with Crippen LogP contribution in [0.3, 0.4) is 0 Å². The quantitative estimate of drug-likeness (QED) is 0.880. The fraction of sp³-hybridized carbons (Fsp3) is 0.571. The summed E-state index contributed by atoms with van der Waals surface area (Å²) < 4.78 is 0. The number of likely N-dealkylation sites (tertiary alicyclic amines) is 1. The Kier molecular flexibility index (Phi) is 5.01. The Hall–Kier alpha value is -0.610. The zero-order valence-electron chi connectivity index (χ0n) is 10.6. The number of piperidine rings is 1. The molecule has 4 heteroatoms. The minimum atomic E-state index is 0.180. The standard InChI is InChI=1S/C14H21ClN2O/c15-12-6-4-11(5-7-12)14(9-16)17-8-2-1-3-13(17)10-18/h4-7,13-14,18H,1-3,8-10,16H2. The summed E-state index contributed by atoms with van der Waals surface area (Å²) in [4.78, 5) is 2.34. The van der Waals surface area contributed by atoms with Crippen molar-refractivity contribution in [1.82, 2.24) is 4.90 Å². The lowest BCUT2D eigenvalue weighted by Gasteiger charge is -2.40. The topological polar surface area (TPSA) is 49.5 Å². The number of aliphatic hydroxyl groups is 1. The number of nitrogens with zero attached hydrogens (tertiary/aromatic N) is 1. The van der Waals surface area contributed by atoms with Gasteiger partial charge in [0.2, 0.25) is 0 Å². The molecule has 0 saturated carbocycles. The van der Waals surface area contributed by atoms with E-state index in [1.165, 1.54) is 18.4 Å². The second kappa shape index (κ2) is 6.53. The van der Waals surface area contributed by atoms with Crippen molar-refractivity contribution in [2.24, 2.45) is 5.73 Å². The monoisotopic (exact) mass is 268 g/mol. The molecule has 2 rings (SSSR count). The Labute approximate surface area is 114 Å². The first kappa shape index (κ1) is 13.8. The van der Waals surface area contributed by atoms with Gasteiger partial charge < -0.3 is 10.8 Å². The third-order valence-electron chi connectivity index (χ3n) is 3.76. The highest BCUT2D eigenvalue weighted by molar-refractivity contribution is 6.30. The van der Waals surface area contributed by atoms with Crippen LogP contribution >= 0.6 is 11.6 Å². The van der Waals surface area contributed by atoms with Crippen LogP contribution in [0.1, 0.15) is 30.9 Å². The van der Waals surface area contributed by atoms with Gasteiger partial charge in [-0.15, -0.1) is 0 Å². The van der Waals surface area contributed by atoms with Gasteiger partial charge >= 0.3 is 0 Å². The van der Waals surface area contributed by atoms with E-state index in [-0.39, 0.29) is 18.7 Å². The van der Waals surface area contributed by atoms with Gasteiger partial charge in [-0.2, -0.15) is 0 Å². The van der Waals surface area contributed by atoms with Crippen molar-refractivity contribution in [1.29, 1.82) is 0 Å². The molecule has 0 aliphatic carbocycles. The SMILES string of the molecule is NCC(c1ccc(Cl)cc1)N1CCCCC1CO. The van der Waals surface area contributed by atoms with E-state index in [0.29, 0.717) is 6.54 Å². The van der Waals surface area contributed by atoms with Crippen LogP contribution < -0.4 is 5.73 Å². The van der Waals surface area contributed by atoms with Gasteiger partial charge in [-0.1, -0.05) is 30.2 Å². The zero-order chi connectivity index (χ0) is 13.0. The van der Waals surface area contributed by atoms with Crippen molar-refractivity contribution < 1.29 is 5.11 Å². The van der Waals surface area contributed by atoms with E-state index in [1.807, 2.05) is 24.3 Å². The van der Waals surface area contributed by atoms with Crippen molar-refractivity contribution in [3.8, 4) is 0 Å². The van der Waals surface area contributed by atoms with Crippen molar-refractivity contribution in [3.05, 3.63) is 34.9 Å². The minimum Gasteiger partial charge on any atom is -0.395 e. The maximum Gasteiger partial charge on any atom is 0.0587 e. The van der Waals surface area contributed by atoms with E-state index in [4.69, 9.17) is 17.3 Å². The molecule has 0 spiro atoms. The van der Waals surface area contributed by atoms with E-state index in [9.17, 15) is 5.11 Å². The summed E-state index contributed by atoms with van der Waals surface area (Å²) in [6.07, 6.45) is 3.43. The van der Waals surface area contributed by atoms with Gasteiger partial charge in [0.1, 0.15) is 0 Å². The van der Waals surface area contributed by atoms with Gasteiger partial charge in [-0.05, 0) is 37.1 Å². The molecular formula is C14H21ClN2O. The van der Waals surface area contributed by atoms with Crippen LogP contribution in [-0.2, 0) is 0 Å². The summed E-state index contributed by atoms with van der Waals surface area (Å²) in [6.45, 7) is 1.79. The van der Waals surface area contributed by atoms with Gasteiger partial charge in [0.25, 0.3) is 0 Å². The molecule has 1 fully saturated rings. The highest BCUT2D eigenvalue weighted by Crippen LogP contribution is 2.28. The molecule has 1 heterocycles. The van der Waals surface area contributed by atoms with Gasteiger partial charge in [0.05, 0.1) is 6.61 Å². The number of aliphatic hydroxyl groups excluding tert-OH is 1. The number of benzene rings is 1. The maximum absolute atomic E-state index is 9.49. The summed E-state index contributed by atoms with van der Waals surface area (Å²) in [5, 5.41) is 10.2. The Morgan fingerprint density at radius 1 is 1.33 bits per heavy atom. The molecular weight excluding hydrogens is 248 g/mol. The van der Waals surface area contributed by atoms with Crippen LogP contribution in [0, 0.1) is 0 Å². The van der Waals surface area contributed by atoms with Gasteiger partial charge in [-0.3, -0.25) is 4.90 Å². The number of halogens is 1. The number of nitrogens with two attached hydrogens (primary N) is 1. The van der Waals surface area contributed by atoms with Crippen LogP contribution in [0.5, 0.6) is 0 Å². The third-order valence-corrected chi connectivity index (χ3v) is 4.01. The Morgan fingerprint density at radius 2 is 2.06 bits per heavy atom. The lowest BCUT2D eigenvalue weighted by molar-refractivity contribution is 0.0552. The predicted octanol–water partition coefficient (Wildman–Crippen LogP) is 2.19. The number of rotatable bonds is 4. The fourth-order valence-corrected chi connectivity index (χ4v) is 2.90. The molecule has 3 N–H and O–H groups in total. The second-order valence-corrected chi connectivity index (χ2v) is 5.31. The Balaban J connectivity index is 2.18. The normalized spacial score (nSPS) is 22.9. The van der Waals surface area contributed by atoms with E-state index in [1.54, 1.807) is 0 Å². The average molecular weight is 269 g/mol. The molecule has 0 bridgehead atoms. The lowest BCUT2D eigenvalue weighted by atomic mass is 9.96. The summed E-state index contributed by atoms with van der Waals surface area (Å²) in [6, 6.07) is 8.28. The predicted molar refractivity (Wildman–Crippen MR) is 74.7 cm³/mol. The average Bonchev–Trinajstić information content (AvgIpc) is 2.42. The molecule has 1 aromatic rings. The highest BCUT2D eigenvalue weighted by atomic mass is 35.5. The third kappa shape index (κ3) is 3.04. The highest BCUT2D eigenvalue weighted by Gasteiger charge is 2.28. The van der Waals surface area contributed by atoms with Crippen LogP contribution in [-0.4, -0.2) is 35.7 Å². The molecule has 3 nitrogen and oxygen atoms in total. The Bertz CT molecular complexity index is 369. The van der Waals surface area contributed by atoms with Crippen molar-refractivity contribution in [2.45, 2.75) is 31.3 Å². The first-order valence-electron chi connectivity index (χ1n) is 6.58. The minimum absolute atomic E-state index is 0.180. The van der Waals surface area contributed by atoms with Gasteiger partial charge in [-0.25, -0.2) is 0 Å². The molecule has 1 aliphatic heterocycles. The first-order chi connectivity index (χ1) is 8.76. The van der Waals surface area contributed by atoms with E-state index >= 15 is 0 Å². The van der Waals surface area contributed by atoms with Crippen LogP contribution in [0.4, 0.5) is 0 Å². The summed E-state index contributed by atoms with van der Waals surface area (Å²) >= 11 is 5.92. The molecule has 2 unspecified atom stereocenters. The molecule has 2 atom stereocenters. The molecule has 0 radical (unpaired) electrons. The smallest absolute Gasteiger partial charge is 0.0587 e. The van der Waals surface area contributed by atoms with Gasteiger partial charge in [0.15, 0.2) is 0 Å². The lowest BCUT2D eigenvalue weighted by Crippen LogP contribution is -2.46. The molecule has 18 heavy (non-hydrogen) atoms. The summed E-state index contributed by atoms with van der Waals surface area (Å²) in [5.74, 6) is 0. The molecule has 1 aliphatic rings. The number of hydrogen-bond donors (Lipinski definition) is 2. The number of hydrogen-bond acceptors (Lipinski definition) is 3. The Morgan fingerprint density at radius 3 is 2.67 bits per heavy atom. The van der Waals surface area contributed by atoms with Crippen LogP contribution in [0.25, 0.3) is 0 Å². The van der Waals surface area contributed by atoms with E-state index in [2.05, 4.69) is 4.90 Å². The fourth-order valence-electron chi connectivity index (χ4n) is 2.78. The van der Waals surface area contributed by atoms with Crippen LogP contribution in [0.15, 0.2) is 24.3 Å². The van der Waals surface area contributed by atoms with Crippen LogP contribution in [0.2, 0.25) is 5.02 Å². The van der Waals surface area contributed by atoms with Crippen molar-refractivity contribution in [2.75, 3.05) is 19.7 Å². The van der Waals surface area contributed by atoms with E-state index < -0.39 is 0 Å². The maximum atomic E-state index is 9.49. The zero-order valence-corrected chi connectivity index (χ0v) is 11.3. The molecule has 0 aromatic heterocycles. The van der Waals surface area contributed by atoms with Gasteiger partial charge in [0, 0.05) is 23.7 Å². The van der Waals surface area contributed by atoms with E-state index in [0.717, 1.165) is 18.0 Å². The molecule has 0 amide bonds. The van der Waals surface area contributed by atoms with Crippen molar-refractivity contribution >= 4 is 11.6 Å². The molecule has 1 aromatic carbocycles. The second-order valence-electron chi connectivity index (χ2n) is 4.87. The summed E-state index contributed by atoms with van der Waals surface area (Å²) in [7, 11) is 0. The molecule has 100 valence electrons. The molecule has 1 saturated heterocycles. The first-order valence-corrected chi connectivity index (χ1v) is 6.96.